The summed E-state index contributed by atoms with van der Waals surface area (Å²) in [6, 6.07) is 12.9. The van der Waals surface area contributed by atoms with Gasteiger partial charge in [0.2, 0.25) is 0 Å². The second-order valence-electron chi connectivity index (χ2n) is 7.32. The number of pyridine rings is 1. The van der Waals surface area contributed by atoms with Crippen molar-refractivity contribution >= 4 is 17.7 Å². The van der Waals surface area contributed by atoms with E-state index in [1.807, 2.05) is 12.1 Å². The lowest BCUT2D eigenvalue weighted by molar-refractivity contribution is 0.0736. The van der Waals surface area contributed by atoms with E-state index < -0.39 is 0 Å². The fourth-order valence-corrected chi connectivity index (χ4v) is 4.70. The van der Waals surface area contributed by atoms with Crippen molar-refractivity contribution in [3.63, 3.8) is 0 Å². The Morgan fingerprint density at radius 3 is 2.81 bits per heavy atom. The minimum atomic E-state index is 0.149. The summed E-state index contributed by atoms with van der Waals surface area (Å²) in [6.45, 7) is 3.78. The van der Waals surface area contributed by atoms with Gasteiger partial charge in [0, 0.05) is 55.1 Å². The number of amides is 1. The van der Waals surface area contributed by atoms with Gasteiger partial charge in [-0.1, -0.05) is 12.1 Å². The molecule has 4 nitrogen and oxygen atoms in total. The molecule has 0 unspecified atom stereocenters. The molecule has 3 aliphatic rings. The van der Waals surface area contributed by atoms with Crippen LogP contribution in [0.1, 0.15) is 28.8 Å². The standard InChI is InChI=1S/C21H25N3OS/c1-26-20-4-2-3-16(11-20)12-23-13-17-5-6-19(23)15-24(14-17)21(25)18-7-9-22-10-8-18/h2-4,7-11,17,19H,5-6,12-15H2,1H3/t17-,19-/m1/s1. The second-order valence-corrected chi connectivity index (χ2v) is 8.20. The van der Waals surface area contributed by atoms with Crippen LogP contribution in [-0.2, 0) is 6.54 Å². The lowest BCUT2D eigenvalue weighted by Gasteiger charge is -2.36. The van der Waals surface area contributed by atoms with Gasteiger partial charge in [0.1, 0.15) is 0 Å². The van der Waals surface area contributed by atoms with Crippen LogP contribution in [0, 0.1) is 5.92 Å². The number of hydrogen-bond acceptors (Lipinski definition) is 4. The van der Waals surface area contributed by atoms with Crippen molar-refractivity contribution in [2.24, 2.45) is 5.92 Å². The van der Waals surface area contributed by atoms with Gasteiger partial charge < -0.3 is 4.90 Å². The van der Waals surface area contributed by atoms with E-state index >= 15 is 0 Å². The lowest BCUT2D eigenvalue weighted by Crippen LogP contribution is -2.43. The number of piperidine rings is 1. The van der Waals surface area contributed by atoms with E-state index in [1.54, 1.807) is 24.2 Å². The van der Waals surface area contributed by atoms with Crippen molar-refractivity contribution in [2.75, 3.05) is 25.9 Å². The van der Waals surface area contributed by atoms with Crippen molar-refractivity contribution in [3.05, 3.63) is 59.9 Å². The van der Waals surface area contributed by atoms with Gasteiger partial charge in [0.05, 0.1) is 0 Å². The second kappa shape index (κ2) is 7.80. The Morgan fingerprint density at radius 1 is 1.15 bits per heavy atom. The first-order valence-electron chi connectivity index (χ1n) is 9.29. The largest absolute Gasteiger partial charge is 0.337 e. The molecule has 0 saturated carbocycles. The molecule has 1 amide bonds. The molecule has 26 heavy (non-hydrogen) atoms. The number of nitrogens with zero attached hydrogens (tertiary/aromatic N) is 3. The number of hydrogen-bond donors (Lipinski definition) is 0. The number of carbonyl (C=O) groups is 1. The van der Waals surface area contributed by atoms with Crippen molar-refractivity contribution < 1.29 is 4.79 Å². The number of aromatic nitrogens is 1. The highest BCUT2D eigenvalue weighted by molar-refractivity contribution is 7.98. The predicted molar refractivity (Wildman–Crippen MR) is 105 cm³/mol. The Bertz CT molecular complexity index is 767. The first kappa shape index (κ1) is 17.6. The highest BCUT2D eigenvalue weighted by Gasteiger charge is 2.36. The molecule has 0 aliphatic carbocycles. The Hall–Kier alpha value is -1.85. The van der Waals surface area contributed by atoms with Crippen molar-refractivity contribution in [3.8, 4) is 0 Å². The fraction of sp³-hybridized carbons (Fsp3) is 0.429. The highest BCUT2D eigenvalue weighted by Crippen LogP contribution is 2.30. The molecule has 0 N–H and O–H groups in total. The third kappa shape index (κ3) is 3.79. The number of fused-ring (bicyclic) bond motifs is 4. The van der Waals surface area contributed by atoms with Gasteiger partial charge >= 0.3 is 0 Å². The minimum absolute atomic E-state index is 0.149. The molecule has 3 fully saturated rings. The lowest BCUT2D eigenvalue weighted by atomic mass is 9.94. The number of rotatable bonds is 4. The van der Waals surface area contributed by atoms with Gasteiger partial charge in [0.25, 0.3) is 5.91 Å². The monoisotopic (exact) mass is 367 g/mol. The molecule has 5 rings (SSSR count). The van der Waals surface area contributed by atoms with E-state index in [4.69, 9.17) is 0 Å². The number of benzene rings is 1. The first-order valence-corrected chi connectivity index (χ1v) is 10.5. The zero-order chi connectivity index (χ0) is 17.9. The molecule has 3 saturated heterocycles. The van der Waals surface area contributed by atoms with Crippen molar-refractivity contribution in [1.82, 2.24) is 14.8 Å². The van der Waals surface area contributed by atoms with Gasteiger partial charge in [-0.3, -0.25) is 14.7 Å². The minimum Gasteiger partial charge on any atom is -0.337 e. The molecule has 3 aliphatic heterocycles. The smallest absolute Gasteiger partial charge is 0.254 e. The van der Waals surface area contributed by atoms with Crippen LogP contribution in [0.2, 0.25) is 0 Å². The third-order valence-electron chi connectivity index (χ3n) is 5.56. The van der Waals surface area contributed by atoms with Gasteiger partial charge in [-0.15, -0.1) is 11.8 Å². The van der Waals surface area contributed by atoms with E-state index in [-0.39, 0.29) is 5.91 Å². The van der Waals surface area contributed by atoms with Crippen LogP contribution >= 0.6 is 11.8 Å². The van der Waals surface area contributed by atoms with Crippen LogP contribution in [0.15, 0.2) is 53.7 Å². The first-order chi connectivity index (χ1) is 12.7. The molecular formula is C21H25N3OS. The highest BCUT2D eigenvalue weighted by atomic mass is 32.2. The van der Waals surface area contributed by atoms with Crippen LogP contribution in [0.25, 0.3) is 0 Å². The summed E-state index contributed by atoms with van der Waals surface area (Å²) < 4.78 is 0. The van der Waals surface area contributed by atoms with E-state index in [1.165, 1.54) is 23.3 Å². The Balaban J connectivity index is 1.48. The van der Waals surface area contributed by atoms with Gasteiger partial charge in [-0.05, 0) is 54.8 Å². The third-order valence-corrected chi connectivity index (χ3v) is 6.29. The summed E-state index contributed by atoms with van der Waals surface area (Å²) >= 11 is 1.79. The topological polar surface area (TPSA) is 36.4 Å². The zero-order valence-corrected chi connectivity index (χ0v) is 16.0. The van der Waals surface area contributed by atoms with Crippen LogP contribution in [-0.4, -0.2) is 52.6 Å². The maximum atomic E-state index is 12.9. The molecule has 4 heterocycles. The van der Waals surface area contributed by atoms with Crippen molar-refractivity contribution in [1.29, 1.82) is 0 Å². The van der Waals surface area contributed by atoms with E-state index in [9.17, 15) is 4.79 Å². The maximum absolute atomic E-state index is 12.9. The predicted octanol–water partition coefficient (Wildman–Crippen LogP) is 3.54. The van der Waals surface area contributed by atoms with E-state index in [2.05, 4.69) is 45.3 Å². The van der Waals surface area contributed by atoms with Crippen LogP contribution in [0.4, 0.5) is 0 Å². The van der Waals surface area contributed by atoms with E-state index in [0.29, 0.717) is 12.0 Å². The average Bonchev–Trinajstić information content (AvgIpc) is 3.00. The zero-order valence-electron chi connectivity index (χ0n) is 15.2. The fourth-order valence-electron chi connectivity index (χ4n) is 4.22. The molecule has 136 valence electrons. The average molecular weight is 368 g/mol. The molecule has 1 aromatic carbocycles. The summed E-state index contributed by atoms with van der Waals surface area (Å²) in [5.74, 6) is 0.721. The molecule has 2 bridgehead atoms. The SMILES string of the molecule is CSc1cccc(CN2C[C@H]3CC[C@@H]2CN(C(=O)c2ccncc2)C3)c1. The normalized spacial score (nSPS) is 23.0. The van der Waals surface area contributed by atoms with Crippen LogP contribution < -0.4 is 0 Å². The number of thioether (sulfide) groups is 1. The van der Waals surface area contributed by atoms with Crippen LogP contribution in [0.3, 0.4) is 0 Å². The molecule has 2 aromatic rings. The van der Waals surface area contributed by atoms with Crippen molar-refractivity contribution in [2.45, 2.75) is 30.3 Å². The summed E-state index contributed by atoms with van der Waals surface area (Å²) in [4.78, 5) is 22.9. The van der Waals surface area contributed by atoms with Crippen LogP contribution in [0.5, 0.6) is 0 Å². The maximum Gasteiger partial charge on any atom is 0.254 e. The molecule has 0 spiro atoms. The van der Waals surface area contributed by atoms with Gasteiger partial charge in [0.15, 0.2) is 0 Å². The summed E-state index contributed by atoms with van der Waals surface area (Å²) in [5.41, 5.74) is 2.12. The Kier molecular flexibility index (Phi) is 5.27. The molecule has 0 radical (unpaired) electrons. The molecule has 5 heteroatoms. The molecular weight excluding hydrogens is 342 g/mol. The molecule has 1 aromatic heterocycles. The molecule has 2 atom stereocenters. The Morgan fingerprint density at radius 2 is 2.00 bits per heavy atom. The number of carbonyl (C=O) groups excluding carboxylic acids is 1. The Labute approximate surface area is 159 Å². The summed E-state index contributed by atoms with van der Waals surface area (Å²) in [7, 11) is 0. The van der Waals surface area contributed by atoms with E-state index in [0.717, 1.165) is 31.7 Å². The van der Waals surface area contributed by atoms with Gasteiger partial charge in [-0.2, -0.15) is 0 Å². The van der Waals surface area contributed by atoms with Gasteiger partial charge in [-0.25, -0.2) is 0 Å². The summed E-state index contributed by atoms with van der Waals surface area (Å²) in [6.07, 6.45) is 7.93. The summed E-state index contributed by atoms with van der Waals surface area (Å²) in [5, 5.41) is 0. The quantitative estimate of drug-likeness (QED) is 0.775.